The average Bonchev–Trinajstić information content (AvgIpc) is 2.29. The second-order valence-corrected chi connectivity index (χ2v) is 3.50. The molecule has 1 aromatic heterocycles. The molecule has 3 N–H and O–H groups in total. The molecule has 0 atom stereocenters. The third-order valence-electron chi connectivity index (χ3n) is 1.83. The lowest BCUT2D eigenvalue weighted by atomic mass is 10.1. The number of rotatable bonds is 3. The van der Waals surface area contributed by atoms with E-state index in [9.17, 15) is 0 Å². The van der Waals surface area contributed by atoms with Gasteiger partial charge < -0.3 is 10.7 Å². The van der Waals surface area contributed by atoms with Crippen LogP contribution in [-0.2, 0) is 12.8 Å². The van der Waals surface area contributed by atoms with E-state index in [0.717, 1.165) is 18.5 Å². The molecule has 1 aromatic rings. The maximum atomic E-state index is 5.56. The first-order chi connectivity index (χ1) is 5.63. The summed E-state index contributed by atoms with van der Waals surface area (Å²) in [6.45, 7) is 6.48. The number of aryl methyl sites for hydroxylation is 1. The highest BCUT2D eigenvalue weighted by molar-refractivity contribution is 5.26. The Kier molecular flexibility index (Phi) is 2.74. The van der Waals surface area contributed by atoms with Gasteiger partial charge in [-0.25, -0.2) is 4.98 Å². The van der Waals surface area contributed by atoms with Crippen LogP contribution in [-0.4, -0.2) is 9.97 Å². The smallest absolute Gasteiger partial charge is 0.197 e. The molecule has 3 heteroatoms. The number of anilines is 1. The van der Waals surface area contributed by atoms with E-state index in [1.165, 1.54) is 5.69 Å². The molecule has 0 amide bonds. The monoisotopic (exact) mass is 167 g/mol. The lowest BCUT2D eigenvalue weighted by Crippen LogP contribution is -1.98. The largest absolute Gasteiger partial charge is 0.369 e. The van der Waals surface area contributed by atoms with Gasteiger partial charge in [-0.3, -0.25) is 0 Å². The summed E-state index contributed by atoms with van der Waals surface area (Å²) in [6.07, 6.45) is 1.99. The predicted octanol–water partition coefficient (Wildman–Crippen LogP) is 1.75. The molecular formula is C9H17N3. The van der Waals surface area contributed by atoms with E-state index in [2.05, 4.69) is 30.7 Å². The minimum absolute atomic E-state index is 0.544. The van der Waals surface area contributed by atoms with E-state index in [1.807, 2.05) is 0 Å². The third-order valence-corrected chi connectivity index (χ3v) is 1.83. The fourth-order valence-electron chi connectivity index (χ4n) is 1.34. The fourth-order valence-corrected chi connectivity index (χ4v) is 1.34. The molecule has 0 radical (unpaired) electrons. The molecule has 0 aliphatic rings. The molecule has 0 saturated heterocycles. The summed E-state index contributed by atoms with van der Waals surface area (Å²) in [4.78, 5) is 7.30. The lowest BCUT2D eigenvalue weighted by molar-refractivity contribution is 0.633. The van der Waals surface area contributed by atoms with Gasteiger partial charge in [-0.2, -0.15) is 0 Å². The Morgan fingerprint density at radius 3 is 2.67 bits per heavy atom. The summed E-state index contributed by atoms with van der Waals surface area (Å²) in [6, 6.07) is 0. The second-order valence-electron chi connectivity index (χ2n) is 3.50. The van der Waals surface area contributed by atoms with Crippen molar-refractivity contribution in [2.75, 3.05) is 5.73 Å². The normalized spacial score (nSPS) is 11.0. The highest BCUT2D eigenvalue weighted by atomic mass is 15.0. The molecule has 0 spiro atoms. The van der Waals surface area contributed by atoms with Gasteiger partial charge >= 0.3 is 0 Å². The summed E-state index contributed by atoms with van der Waals surface area (Å²) >= 11 is 0. The van der Waals surface area contributed by atoms with Gasteiger partial charge in [0.05, 0.1) is 5.69 Å². The first kappa shape index (κ1) is 9.10. The Hall–Kier alpha value is -0.990. The quantitative estimate of drug-likeness (QED) is 0.720. The van der Waals surface area contributed by atoms with Crippen molar-refractivity contribution in [1.82, 2.24) is 9.97 Å². The summed E-state index contributed by atoms with van der Waals surface area (Å²) in [5.41, 5.74) is 7.88. The fraction of sp³-hybridized carbons (Fsp3) is 0.667. The van der Waals surface area contributed by atoms with Crippen LogP contribution in [0.1, 0.15) is 32.2 Å². The van der Waals surface area contributed by atoms with Crippen molar-refractivity contribution in [2.24, 2.45) is 5.92 Å². The van der Waals surface area contributed by atoms with Crippen molar-refractivity contribution < 1.29 is 0 Å². The summed E-state index contributed by atoms with van der Waals surface area (Å²) in [7, 11) is 0. The van der Waals surface area contributed by atoms with Gasteiger partial charge in [0.2, 0.25) is 0 Å². The van der Waals surface area contributed by atoms with Gasteiger partial charge in [-0.15, -0.1) is 0 Å². The van der Waals surface area contributed by atoms with Crippen molar-refractivity contribution in [3.8, 4) is 0 Å². The molecular weight excluding hydrogens is 150 g/mol. The lowest BCUT2D eigenvalue weighted by Gasteiger charge is -2.02. The van der Waals surface area contributed by atoms with E-state index in [4.69, 9.17) is 5.73 Å². The number of nitrogens with one attached hydrogen (secondary N) is 1. The van der Waals surface area contributed by atoms with Gasteiger partial charge in [-0.05, 0) is 18.8 Å². The van der Waals surface area contributed by atoms with E-state index >= 15 is 0 Å². The molecule has 0 bridgehead atoms. The van der Waals surface area contributed by atoms with Crippen LogP contribution in [0.4, 0.5) is 5.95 Å². The Morgan fingerprint density at radius 1 is 1.50 bits per heavy atom. The second kappa shape index (κ2) is 3.61. The molecule has 12 heavy (non-hydrogen) atoms. The van der Waals surface area contributed by atoms with Crippen LogP contribution in [0.25, 0.3) is 0 Å². The zero-order valence-electron chi connectivity index (χ0n) is 8.02. The number of nitrogens with two attached hydrogens (primary N) is 1. The van der Waals surface area contributed by atoms with Crippen LogP contribution in [0, 0.1) is 5.92 Å². The molecule has 0 aromatic carbocycles. The molecule has 0 unspecified atom stereocenters. The minimum Gasteiger partial charge on any atom is -0.369 e. The highest BCUT2D eigenvalue weighted by Crippen LogP contribution is 2.12. The van der Waals surface area contributed by atoms with Crippen LogP contribution in [0.3, 0.4) is 0 Å². The van der Waals surface area contributed by atoms with E-state index in [1.54, 1.807) is 0 Å². The number of hydrogen-bond acceptors (Lipinski definition) is 2. The molecule has 1 heterocycles. The van der Waals surface area contributed by atoms with Gasteiger partial charge in [0.25, 0.3) is 0 Å². The van der Waals surface area contributed by atoms with Crippen LogP contribution in [0.2, 0.25) is 0 Å². The molecule has 0 aliphatic carbocycles. The first-order valence-electron chi connectivity index (χ1n) is 4.46. The Balaban J connectivity index is 2.81. The van der Waals surface area contributed by atoms with Crippen molar-refractivity contribution in [3.05, 3.63) is 11.4 Å². The zero-order chi connectivity index (χ0) is 9.14. The summed E-state index contributed by atoms with van der Waals surface area (Å²) < 4.78 is 0. The van der Waals surface area contributed by atoms with Crippen LogP contribution >= 0.6 is 0 Å². The van der Waals surface area contributed by atoms with Crippen molar-refractivity contribution in [1.29, 1.82) is 0 Å². The predicted molar refractivity (Wildman–Crippen MR) is 50.9 cm³/mol. The summed E-state index contributed by atoms with van der Waals surface area (Å²) in [5, 5.41) is 0. The van der Waals surface area contributed by atoms with Crippen molar-refractivity contribution >= 4 is 5.95 Å². The third kappa shape index (κ3) is 2.00. The number of H-pyrrole nitrogens is 1. The molecule has 0 fully saturated rings. The Morgan fingerprint density at radius 2 is 2.17 bits per heavy atom. The van der Waals surface area contributed by atoms with E-state index in [0.29, 0.717) is 11.9 Å². The van der Waals surface area contributed by atoms with Crippen LogP contribution in [0.5, 0.6) is 0 Å². The topological polar surface area (TPSA) is 54.7 Å². The molecule has 1 rings (SSSR count). The van der Waals surface area contributed by atoms with Crippen LogP contribution in [0.15, 0.2) is 0 Å². The molecule has 0 saturated carbocycles. The average molecular weight is 167 g/mol. The number of nitrogen functional groups attached to an aromatic ring is 1. The standard InChI is InChI=1S/C9H17N3/c1-4-7-8(5-6(2)3)12-9(10)11-7/h6H,4-5H2,1-3H3,(H3,10,11,12). The maximum absolute atomic E-state index is 5.56. The SMILES string of the molecule is CCc1nc(N)[nH]c1CC(C)C. The zero-order valence-corrected chi connectivity index (χ0v) is 8.02. The number of hydrogen-bond donors (Lipinski definition) is 2. The van der Waals surface area contributed by atoms with Gasteiger partial charge in [0, 0.05) is 5.69 Å². The summed E-state index contributed by atoms with van der Waals surface area (Å²) in [5.74, 6) is 1.19. The van der Waals surface area contributed by atoms with Crippen molar-refractivity contribution in [2.45, 2.75) is 33.6 Å². The van der Waals surface area contributed by atoms with Gasteiger partial charge in [0.15, 0.2) is 5.95 Å². The Labute approximate surface area is 73.4 Å². The van der Waals surface area contributed by atoms with Gasteiger partial charge in [0.1, 0.15) is 0 Å². The number of aromatic amines is 1. The Bertz CT molecular complexity index is 250. The highest BCUT2D eigenvalue weighted by Gasteiger charge is 2.07. The van der Waals surface area contributed by atoms with Crippen LogP contribution < -0.4 is 5.73 Å². The van der Waals surface area contributed by atoms with Crippen molar-refractivity contribution in [3.63, 3.8) is 0 Å². The molecule has 68 valence electrons. The molecule has 3 nitrogen and oxygen atoms in total. The number of imidazole rings is 1. The maximum Gasteiger partial charge on any atom is 0.197 e. The van der Waals surface area contributed by atoms with E-state index < -0.39 is 0 Å². The van der Waals surface area contributed by atoms with E-state index in [-0.39, 0.29) is 0 Å². The molecule has 0 aliphatic heterocycles. The first-order valence-corrected chi connectivity index (χ1v) is 4.46. The van der Waals surface area contributed by atoms with Gasteiger partial charge in [-0.1, -0.05) is 20.8 Å². The number of nitrogens with zero attached hydrogens (tertiary/aromatic N) is 1. The minimum atomic E-state index is 0.544. The number of aromatic nitrogens is 2.